The largest absolute Gasteiger partial charge is 0.464 e. The fourth-order valence-electron chi connectivity index (χ4n) is 4.62. The number of imidazole rings is 1. The maximum Gasteiger partial charge on any atom is 0.302 e. The summed E-state index contributed by atoms with van der Waals surface area (Å²) in [4.78, 5) is 22.2. The molecule has 0 N–H and O–H groups in total. The molecule has 1 atom stereocenters. The predicted molar refractivity (Wildman–Crippen MR) is 138 cm³/mol. The van der Waals surface area contributed by atoms with Crippen LogP contribution in [0, 0.1) is 12.5 Å². The highest BCUT2D eigenvalue weighted by molar-refractivity contribution is 5.90. The predicted octanol–water partition coefficient (Wildman–Crippen LogP) is 4.80. The lowest BCUT2D eigenvalue weighted by atomic mass is 10.00. The van der Waals surface area contributed by atoms with Crippen LogP contribution in [-0.4, -0.2) is 65.1 Å². The SMILES string of the molecule is [C-]#[N+]c1ccc(-c2nc(OC[C@@H]3CCCN(C)C3)n3ccnc3c2-c2ccc(N(C)C)nc2)cc1. The number of rotatable bonds is 6. The molecule has 3 aromatic heterocycles. The Morgan fingerprint density at radius 2 is 1.91 bits per heavy atom. The number of ether oxygens (including phenoxy) is 1. The molecule has 0 bridgehead atoms. The van der Waals surface area contributed by atoms with E-state index in [1.807, 2.05) is 72.2 Å². The lowest BCUT2D eigenvalue weighted by Crippen LogP contribution is -2.35. The van der Waals surface area contributed by atoms with Crippen LogP contribution in [-0.2, 0) is 0 Å². The summed E-state index contributed by atoms with van der Waals surface area (Å²) in [6.07, 6.45) is 7.86. The molecule has 4 heterocycles. The van der Waals surface area contributed by atoms with Gasteiger partial charge in [-0.05, 0) is 44.1 Å². The van der Waals surface area contributed by atoms with Crippen molar-refractivity contribution >= 4 is 17.2 Å². The van der Waals surface area contributed by atoms with E-state index in [4.69, 9.17) is 16.3 Å². The highest BCUT2D eigenvalue weighted by atomic mass is 16.5. The molecule has 8 nitrogen and oxygen atoms in total. The lowest BCUT2D eigenvalue weighted by molar-refractivity contribution is 0.143. The van der Waals surface area contributed by atoms with Crippen LogP contribution in [0.5, 0.6) is 6.01 Å². The van der Waals surface area contributed by atoms with Gasteiger partial charge in [0.1, 0.15) is 5.82 Å². The molecule has 5 rings (SSSR count). The van der Waals surface area contributed by atoms with Crippen LogP contribution < -0.4 is 9.64 Å². The number of hydrogen-bond donors (Lipinski definition) is 0. The number of likely N-dealkylation sites (tertiary alicyclic amines) is 1. The molecule has 0 radical (unpaired) electrons. The zero-order valence-corrected chi connectivity index (χ0v) is 20.3. The third-order valence-electron chi connectivity index (χ3n) is 6.45. The van der Waals surface area contributed by atoms with Crippen molar-refractivity contribution in [3.8, 4) is 28.4 Å². The van der Waals surface area contributed by atoms with Crippen molar-refractivity contribution in [3.05, 3.63) is 66.4 Å². The normalized spacial score (nSPS) is 16.2. The van der Waals surface area contributed by atoms with E-state index in [9.17, 15) is 0 Å². The molecule has 1 aliphatic heterocycles. The van der Waals surface area contributed by atoms with E-state index in [1.54, 1.807) is 6.20 Å². The van der Waals surface area contributed by atoms with Gasteiger partial charge in [0, 0.05) is 50.7 Å². The van der Waals surface area contributed by atoms with Crippen LogP contribution in [0.4, 0.5) is 11.5 Å². The third kappa shape index (κ3) is 4.68. The van der Waals surface area contributed by atoms with Gasteiger partial charge < -0.3 is 14.5 Å². The third-order valence-corrected chi connectivity index (χ3v) is 6.45. The summed E-state index contributed by atoms with van der Waals surface area (Å²) in [5, 5.41) is 0. The molecular weight excluding hydrogens is 438 g/mol. The second kappa shape index (κ2) is 9.72. The Morgan fingerprint density at radius 3 is 2.60 bits per heavy atom. The van der Waals surface area contributed by atoms with E-state index >= 15 is 0 Å². The zero-order chi connectivity index (χ0) is 24.4. The Labute approximate surface area is 205 Å². The maximum atomic E-state index is 7.30. The van der Waals surface area contributed by atoms with E-state index in [0.717, 1.165) is 53.4 Å². The van der Waals surface area contributed by atoms with E-state index in [1.165, 1.54) is 6.42 Å². The number of piperidine rings is 1. The highest BCUT2D eigenvalue weighted by Gasteiger charge is 2.22. The molecule has 0 amide bonds. The van der Waals surface area contributed by atoms with Gasteiger partial charge in [0.2, 0.25) is 0 Å². The lowest BCUT2D eigenvalue weighted by Gasteiger charge is -2.29. The first-order valence-electron chi connectivity index (χ1n) is 11.8. The average Bonchev–Trinajstić information content (AvgIpc) is 3.37. The van der Waals surface area contributed by atoms with Crippen LogP contribution in [0.25, 0.3) is 32.9 Å². The van der Waals surface area contributed by atoms with Crippen molar-refractivity contribution in [3.63, 3.8) is 0 Å². The Kier molecular flexibility index (Phi) is 6.34. The summed E-state index contributed by atoms with van der Waals surface area (Å²) in [6, 6.07) is 12.1. The number of benzene rings is 1. The first-order valence-corrected chi connectivity index (χ1v) is 11.8. The number of anilines is 1. The Morgan fingerprint density at radius 1 is 1.11 bits per heavy atom. The summed E-state index contributed by atoms with van der Waals surface area (Å²) >= 11 is 0. The van der Waals surface area contributed by atoms with E-state index < -0.39 is 0 Å². The van der Waals surface area contributed by atoms with Gasteiger partial charge in [-0.1, -0.05) is 24.3 Å². The van der Waals surface area contributed by atoms with Gasteiger partial charge in [-0.25, -0.2) is 14.8 Å². The van der Waals surface area contributed by atoms with E-state index in [0.29, 0.717) is 24.2 Å². The Balaban J connectivity index is 1.61. The summed E-state index contributed by atoms with van der Waals surface area (Å²) in [5.74, 6) is 1.35. The molecule has 4 aromatic rings. The maximum absolute atomic E-state index is 7.30. The molecule has 1 aliphatic rings. The molecule has 1 aromatic carbocycles. The first kappa shape index (κ1) is 22.8. The standard InChI is InChI=1S/C27H29N7O/c1-28-22-10-7-20(8-11-22)25-24(21-9-12-23(30-16-21)32(2)3)26-29-13-15-34(26)27(31-25)35-18-19-6-5-14-33(4)17-19/h7-13,15-16,19H,5-6,14,17-18H2,2-4H3/t19-/m1/s1. The molecule has 8 heteroatoms. The van der Waals surface area contributed by atoms with Crippen molar-refractivity contribution in [2.24, 2.45) is 5.92 Å². The van der Waals surface area contributed by atoms with Gasteiger partial charge in [0.15, 0.2) is 11.3 Å². The molecular formula is C27H29N7O. The fourth-order valence-corrected chi connectivity index (χ4v) is 4.62. The summed E-state index contributed by atoms with van der Waals surface area (Å²) in [6.45, 7) is 10.1. The molecule has 0 spiro atoms. The molecule has 0 saturated carbocycles. The minimum absolute atomic E-state index is 0.470. The number of fused-ring (bicyclic) bond motifs is 1. The topological polar surface area (TPSA) is 63.1 Å². The fraction of sp³-hybridized carbons (Fsp3) is 0.333. The van der Waals surface area contributed by atoms with Crippen molar-refractivity contribution in [1.29, 1.82) is 0 Å². The molecule has 35 heavy (non-hydrogen) atoms. The van der Waals surface area contributed by atoms with E-state index in [-0.39, 0.29) is 0 Å². The van der Waals surface area contributed by atoms with Crippen LogP contribution >= 0.6 is 0 Å². The minimum Gasteiger partial charge on any atom is -0.464 e. The van der Waals surface area contributed by atoms with Gasteiger partial charge in [-0.15, -0.1) is 0 Å². The van der Waals surface area contributed by atoms with Crippen molar-refractivity contribution in [2.75, 3.05) is 45.7 Å². The number of hydrogen-bond acceptors (Lipinski definition) is 6. The van der Waals surface area contributed by atoms with Gasteiger partial charge in [0.05, 0.1) is 24.4 Å². The van der Waals surface area contributed by atoms with Crippen LogP contribution in [0.15, 0.2) is 55.0 Å². The molecule has 1 fully saturated rings. The van der Waals surface area contributed by atoms with Crippen molar-refractivity contribution in [2.45, 2.75) is 12.8 Å². The molecule has 178 valence electrons. The Hall–Kier alpha value is -3.96. The zero-order valence-electron chi connectivity index (χ0n) is 20.3. The summed E-state index contributed by atoms with van der Waals surface area (Å²) in [7, 11) is 6.10. The monoisotopic (exact) mass is 467 g/mol. The van der Waals surface area contributed by atoms with Gasteiger partial charge in [-0.3, -0.25) is 4.40 Å². The molecule has 0 unspecified atom stereocenters. The second-order valence-electron chi connectivity index (χ2n) is 9.28. The number of nitrogens with zero attached hydrogens (tertiary/aromatic N) is 7. The molecule has 1 saturated heterocycles. The van der Waals surface area contributed by atoms with Crippen LogP contribution in [0.3, 0.4) is 0 Å². The van der Waals surface area contributed by atoms with E-state index in [2.05, 4.69) is 26.8 Å². The van der Waals surface area contributed by atoms with Crippen LogP contribution in [0.2, 0.25) is 0 Å². The highest BCUT2D eigenvalue weighted by Crippen LogP contribution is 2.36. The Bertz CT molecular complexity index is 1350. The smallest absolute Gasteiger partial charge is 0.302 e. The average molecular weight is 468 g/mol. The van der Waals surface area contributed by atoms with Crippen LogP contribution in [0.1, 0.15) is 12.8 Å². The van der Waals surface area contributed by atoms with Crippen molar-refractivity contribution in [1.82, 2.24) is 24.3 Å². The number of aromatic nitrogens is 4. The quantitative estimate of drug-likeness (QED) is 0.380. The minimum atomic E-state index is 0.470. The van der Waals surface area contributed by atoms with Gasteiger partial charge in [0.25, 0.3) is 0 Å². The first-order chi connectivity index (χ1) is 17.0. The number of pyridine rings is 1. The van der Waals surface area contributed by atoms with Gasteiger partial charge >= 0.3 is 6.01 Å². The summed E-state index contributed by atoms with van der Waals surface area (Å²) < 4.78 is 8.24. The second-order valence-corrected chi connectivity index (χ2v) is 9.28. The van der Waals surface area contributed by atoms with Gasteiger partial charge in [-0.2, -0.15) is 4.98 Å². The summed E-state index contributed by atoms with van der Waals surface area (Å²) in [5.41, 5.74) is 4.82. The van der Waals surface area contributed by atoms with Crippen molar-refractivity contribution < 1.29 is 4.74 Å². The molecule has 0 aliphatic carbocycles.